The second-order valence-electron chi connectivity index (χ2n) is 3.80. The largest absolute Gasteiger partial charge is 0.465 e. The molecule has 0 bridgehead atoms. The summed E-state index contributed by atoms with van der Waals surface area (Å²) in [7, 11) is 1.66. The number of hydrogen-bond donors (Lipinski definition) is 1. The van der Waals surface area contributed by atoms with Crippen LogP contribution >= 0.6 is 0 Å². The second kappa shape index (κ2) is 7.68. The van der Waals surface area contributed by atoms with Crippen LogP contribution in [0.3, 0.4) is 0 Å². The molecule has 0 saturated carbocycles. The lowest BCUT2D eigenvalue weighted by atomic mass is 10.1. The van der Waals surface area contributed by atoms with Crippen LogP contribution in [0.2, 0.25) is 0 Å². The molecule has 17 heavy (non-hydrogen) atoms. The van der Waals surface area contributed by atoms with Crippen molar-refractivity contribution in [3.05, 3.63) is 29.8 Å². The normalized spacial score (nSPS) is 10.2. The number of para-hydroxylation sites is 1. The molecule has 0 radical (unpaired) electrons. The lowest BCUT2D eigenvalue weighted by molar-refractivity contribution is -0.143. The van der Waals surface area contributed by atoms with Gasteiger partial charge in [-0.1, -0.05) is 18.2 Å². The third kappa shape index (κ3) is 5.36. The molecule has 0 spiro atoms. The van der Waals surface area contributed by atoms with Crippen molar-refractivity contribution in [3.8, 4) is 0 Å². The number of unbranched alkanes of at least 4 members (excludes halogenated alkanes) is 1. The number of nitrogen functional groups attached to an aromatic ring is 1. The molecule has 1 aromatic rings. The van der Waals surface area contributed by atoms with Crippen LogP contribution in [0.4, 0.5) is 5.69 Å². The molecule has 0 aliphatic carbocycles. The van der Waals surface area contributed by atoms with Crippen LogP contribution in [0.25, 0.3) is 0 Å². The van der Waals surface area contributed by atoms with Crippen LogP contribution in [0.5, 0.6) is 0 Å². The number of anilines is 1. The molecule has 0 fully saturated rings. The minimum atomic E-state index is -0.236. The summed E-state index contributed by atoms with van der Waals surface area (Å²) in [5.74, 6) is -0.236. The Morgan fingerprint density at radius 3 is 2.65 bits per heavy atom. The number of rotatable bonds is 7. The van der Waals surface area contributed by atoms with Gasteiger partial charge < -0.3 is 15.2 Å². The van der Waals surface area contributed by atoms with Gasteiger partial charge in [-0.05, 0) is 24.5 Å². The van der Waals surface area contributed by atoms with Crippen molar-refractivity contribution in [2.45, 2.75) is 19.3 Å². The second-order valence-corrected chi connectivity index (χ2v) is 3.80. The molecular formula is C13H19NO3. The predicted molar refractivity (Wildman–Crippen MR) is 66.6 cm³/mol. The summed E-state index contributed by atoms with van der Waals surface area (Å²) in [6.45, 7) is 1.14. The minimum absolute atomic E-state index is 0.233. The first kappa shape index (κ1) is 13.5. The van der Waals surface area contributed by atoms with E-state index >= 15 is 0 Å². The van der Waals surface area contributed by atoms with E-state index in [4.69, 9.17) is 15.2 Å². The molecule has 94 valence electrons. The van der Waals surface area contributed by atoms with Crippen LogP contribution in [0.1, 0.15) is 18.4 Å². The minimum Gasteiger partial charge on any atom is -0.465 e. The molecule has 4 nitrogen and oxygen atoms in total. The van der Waals surface area contributed by atoms with Crippen molar-refractivity contribution in [1.29, 1.82) is 0 Å². The highest BCUT2D eigenvalue weighted by Crippen LogP contribution is 2.11. The van der Waals surface area contributed by atoms with Gasteiger partial charge in [-0.3, -0.25) is 4.79 Å². The van der Waals surface area contributed by atoms with Crippen molar-refractivity contribution in [2.24, 2.45) is 0 Å². The number of hydrogen-bond acceptors (Lipinski definition) is 4. The van der Waals surface area contributed by atoms with Gasteiger partial charge in [-0.15, -0.1) is 0 Å². The van der Waals surface area contributed by atoms with Gasteiger partial charge in [-0.25, -0.2) is 0 Å². The average molecular weight is 237 g/mol. The number of esters is 1. The summed E-state index contributed by atoms with van der Waals surface area (Å²) >= 11 is 0. The summed E-state index contributed by atoms with van der Waals surface area (Å²) < 4.78 is 10.0. The zero-order chi connectivity index (χ0) is 12.5. The van der Waals surface area contributed by atoms with Gasteiger partial charge >= 0.3 is 5.97 Å². The summed E-state index contributed by atoms with van der Waals surface area (Å²) in [5, 5.41) is 0. The molecule has 0 aliphatic heterocycles. The third-order valence-corrected chi connectivity index (χ3v) is 2.40. The Balaban J connectivity index is 2.23. The lowest BCUT2D eigenvalue weighted by Gasteiger charge is -2.06. The Hall–Kier alpha value is -1.55. The van der Waals surface area contributed by atoms with E-state index in [0.717, 1.165) is 18.4 Å². The van der Waals surface area contributed by atoms with Crippen LogP contribution in [-0.2, 0) is 20.7 Å². The maximum atomic E-state index is 11.5. The number of carbonyl (C=O) groups is 1. The molecule has 0 saturated heterocycles. The Morgan fingerprint density at radius 1 is 1.24 bits per heavy atom. The summed E-state index contributed by atoms with van der Waals surface area (Å²) in [5.41, 5.74) is 7.18. The van der Waals surface area contributed by atoms with E-state index in [1.54, 1.807) is 13.2 Å². The standard InChI is InChI=1S/C13H19NO3/c1-16-8-4-5-9-17-13(15)10-11-6-2-3-7-12(11)14/h2-3,6-7H,4-5,8-10,14H2,1H3. The summed E-state index contributed by atoms with van der Waals surface area (Å²) in [6, 6.07) is 7.31. The molecule has 1 rings (SSSR count). The Morgan fingerprint density at radius 2 is 1.94 bits per heavy atom. The maximum absolute atomic E-state index is 11.5. The Bertz CT molecular complexity index is 352. The molecule has 0 heterocycles. The van der Waals surface area contributed by atoms with Gasteiger partial charge in [0.05, 0.1) is 13.0 Å². The van der Waals surface area contributed by atoms with Gasteiger partial charge in [0, 0.05) is 19.4 Å². The fourth-order valence-corrected chi connectivity index (χ4v) is 1.44. The van der Waals surface area contributed by atoms with Crippen molar-refractivity contribution >= 4 is 11.7 Å². The summed E-state index contributed by atoms with van der Waals surface area (Å²) in [6.07, 6.45) is 1.96. The first-order chi connectivity index (χ1) is 8.24. The van der Waals surface area contributed by atoms with Gasteiger partial charge in [0.2, 0.25) is 0 Å². The first-order valence-corrected chi connectivity index (χ1v) is 5.72. The molecular weight excluding hydrogens is 218 g/mol. The van der Waals surface area contributed by atoms with E-state index in [2.05, 4.69) is 0 Å². The molecule has 4 heteroatoms. The SMILES string of the molecule is COCCCCOC(=O)Cc1ccccc1N. The number of carbonyl (C=O) groups excluding carboxylic acids is 1. The summed E-state index contributed by atoms with van der Waals surface area (Å²) in [4.78, 5) is 11.5. The maximum Gasteiger partial charge on any atom is 0.310 e. The lowest BCUT2D eigenvalue weighted by Crippen LogP contribution is -2.10. The van der Waals surface area contributed by atoms with Gasteiger partial charge in [0.25, 0.3) is 0 Å². The van der Waals surface area contributed by atoms with Crippen LogP contribution < -0.4 is 5.73 Å². The van der Waals surface area contributed by atoms with Crippen molar-refractivity contribution in [3.63, 3.8) is 0 Å². The van der Waals surface area contributed by atoms with E-state index in [0.29, 0.717) is 18.9 Å². The molecule has 0 atom stereocenters. The molecule has 2 N–H and O–H groups in total. The number of nitrogens with two attached hydrogens (primary N) is 1. The molecule has 1 aromatic carbocycles. The zero-order valence-electron chi connectivity index (χ0n) is 10.1. The Labute approximate surface area is 102 Å². The molecule has 0 unspecified atom stereocenters. The van der Waals surface area contributed by atoms with Gasteiger partial charge in [-0.2, -0.15) is 0 Å². The van der Waals surface area contributed by atoms with Gasteiger partial charge in [0.1, 0.15) is 0 Å². The Kier molecular flexibility index (Phi) is 6.10. The first-order valence-electron chi connectivity index (χ1n) is 5.72. The highest BCUT2D eigenvalue weighted by atomic mass is 16.5. The fourth-order valence-electron chi connectivity index (χ4n) is 1.44. The van der Waals surface area contributed by atoms with Crippen molar-refractivity contribution in [1.82, 2.24) is 0 Å². The van der Waals surface area contributed by atoms with Gasteiger partial charge in [0.15, 0.2) is 0 Å². The van der Waals surface area contributed by atoms with E-state index in [-0.39, 0.29) is 12.4 Å². The van der Waals surface area contributed by atoms with Crippen molar-refractivity contribution in [2.75, 3.05) is 26.1 Å². The van der Waals surface area contributed by atoms with Crippen molar-refractivity contribution < 1.29 is 14.3 Å². The van der Waals surface area contributed by atoms with E-state index < -0.39 is 0 Å². The molecule has 0 aromatic heterocycles. The highest BCUT2D eigenvalue weighted by molar-refractivity contribution is 5.74. The topological polar surface area (TPSA) is 61.5 Å². The van der Waals surface area contributed by atoms with Crippen LogP contribution in [0, 0.1) is 0 Å². The quantitative estimate of drug-likeness (QED) is 0.446. The van der Waals surface area contributed by atoms with Crippen LogP contribution in [-0.4, -0.2) is 26.3 Å². The third-order valence-electron chi connectivity index (χ3n) is 2.40. The predicted octanol–water partition coefficient (Wildman–Crippen LogP) is 1.78. The number of methoxy groups -OCH3 is 1. The fraction of sp³-hybridized carbons (Fsp3) is 0.462. The van der Waals surface area contributed by atoms with Crippen LogP contribution in [0.15, 0.2) is 24.3 Å². The number of ether oxygens (including phenoxy) is 2. The molecule has 0 aliphatic rings. The van der Waals surface area contributed by atoms with E-state index in [1.165, 1.54) is 0 Å². The monoisotopic (exact) mass is 237 g/mol. The van der Waals surface area contributed by atoms with E-state index in [1.807, 2.05) is 18.2 Å². The smallest absolute Gasteiger partial charge is 0.310 e. The highest BCUT2D eigenvalue weighted by Gasteiger charge is 2.06. The average Bonchev–Trinajstić information content (AvgIpc) is 2.32. The number of benzene rings is 1. The molecule has 0 amide bonds. The zero-order valence-corrected chi connectivity index (χ0v) is 10.1. The van der Waals surface area contributed by atoms with E-state index in [9.17, 15) is 4.79 Å².